The molecule has 188 valence electrons. The summed E-state index contributed by atoms with van der Waals surface area (Å²) in [6, 6.07) is 7.37. The number of nitrogens with two attached hydrogens (primary N) is 1. The molecule has 2 atom stereocenters. The molecule has 4 rings (SSSR count). The van der Waals surface area contributed by atoms with Crippen LogP contribution in [0.1, 0.15) is 22.5 Å². The van der Waals surface area contributed by atoms with Crippen molar-refractivity contribution in [2.45, 2.75) is 31.0 Å². The minimum Gasteiger partial charge on any atom is -0.481 e. The fourth-order valence-electron chi connectivity index (χ4n) is 4.20. The summed E-state index contributed by atoms with van der Waals surface area (Å²) in [5, 5.41) is 22.0. The Balaban J connectivity index is 1.68. The van der Waals surface area contributed by atoms with E-state index in [9.17, 15) is 19.4 Å². The van der Waals surface area contributed by atoms with E-state index in [4.69, 9.17) is 26.2 Å². The number of aliphatic hydroxyl groups excluding tert-OH is 1. The monoisotopic (exact) mass is 505 g/mol. The van der Waals surface area contributed by atoms with Gasteiger partial charge in [-0.15, -0.1) is 0 Å². The summed E-state index contributed by atoms with van der Waals surface area (Å²) in [6.07, 6.45) is 1.76. The third-order valence-electron chi connectivity index (χ3n) is 5.86. The lowest BCUT2D eigenvalue weighted by molar-refractivity contribution is 0.0130. The number of anilines is 2. The molecule has 4 radical (unpaired) electrons. The summed E-state index contributed by atoms with van der Waals surface area (Å²) in [6.45, 7) is 1.73. The van der Waals surface area contributed by atoms with E-state index in [2.05, 4.69) is 15.3 Å². The van der Waals surface area contributed by atoms with Gasteiger partial charge in [-0.3, -0.25) is 4.79 Å². The van der Waals surface area contributed by atoms with Crippen molar-refractivity contribution in [1.82, 2.24) is 9.97 Å². The third kappa shape index (κ3) is 5.90. The second-order valence-electron chi connectivity index (χ2n) is 8.79. The van der Waals surface area contributed by atoms with E-state index in [1.165, 1.54) is 43.5 Å². The molecule has 5 N–H and O–H groups in total. The lowest BCUT2D eigenvalue weighted by atomic mass is 9.76. The maximum absolute atomic E-state index is 15.1. The molecule has 0 spiro atoms. The molecule has 1 aliphatic heterocycles. The van der Waals surface area contributed by atoms with Crippen molar-refractivity contribution < 1.29 is 28.5 Å². The number of carbonyl (C=O) groups is 1. The molecule has 0 bridgehead atoms. The Bertz CT molecular complexity index is 1320. The van der Waals surface area contributed by atoms with Crippen molar-refractivity contribution >= 4 is 33.0 Å². The summed E-state index contributed by atoms with van der Waals surface area (Å²) in [4.78, 5) is 23.1. The van der Waals surface area contributed by atoms with Gasteiger partial charge in [-0.2, -0.15) is 0 Å². The highest BCUT2D eigenvalue weighted by atomic mass is 19.1. The number of nitrogens with one attached hydrogen (secondary N) is 1. The van der Waals surface area contributed by atoms with Crippen LogP contribution in [0.4, 0.5) is 20.2 Å². The molecule has 1 amide bonds. The Morgan fingerprint density at radius 1 is 1.30 bits per heavy atom. The molecule has 3 aromatic rings. The SMILES string of the molecule is [B]C([B])(O)Oc1ccc(C)c(F)c1-c1nccc(C(=O)Nc2cc(F)ccc2N2CC(N)CC2CO)n1. The van der Waals surface area contributed by atoms with Crippen molar-refractivity contribution in [3.8, 4) is 17.1 Å². The molecular formula is C24H23B2F2N5O4. The van der Waals surface area contributed by atoms with Crippen molar-refractivity contribution in [3.05, 3.63) is 65.5 Å². The Hall–Kier alpha value is -3.54. The van der Waals surface area contributed by atoms with Gasteiger partial charge in [-0.05, 0) is 49.2 Å². The fraction of sp³-hybridized carbons (Fsp3) is 0.292. The highest BCUT2D eigenvalue weighted by molar-refractivity contribution is 6.37. The summed E-state index contributed by atoms with van der Waals surface area (Å²) in [5.74, 6) is -2.58. The smallest absolute Gasteiger partial charge is 0.274 e. The Kier molecular flexibility index (Phi) is 7.49. The number of ether oxygens (including phenoxy) is 1. The molecule has 1 aliphatic rings. The number of rotatable bonds is 7. The Morgan fingerprint density at radius 3 is 2.76 bits per heavy atom. The standard InChI is InChI=1S/C24H23B2F2N5O4/c1-12-2-5-19(37-24(25,26)36)20(21(12)28)22-30-7-6-16(31-22)23(35)32-17-8-13(27)3-4-18(17)33-10-14(29)9-15(33)11-34/h2-8,14-15,34,36H,9-11,29H2,1H3,(H,32,35). The van der Waals surface area contributed by atoms with Gasteiger partial charge in [-0.25, -0.2) is 18.7 Å². The second-order valence-corrected chi connectivity index (χ2v) is 8.79. The molecule has 0 aliphatic carbocycles. The topological polar surface area (TPSA) is 134 Å². The molecule has 0 saturated carbocycles. The number of halogens is 2. The van der Waals surface area contributed by atoms with E-state index in [0.29, 0.717) is 18.7 Å². The quantitative estimate of drug-likeness (QED) is 0.278. The van der Waals surface area contributed by atoms with Crippen molar-refractivity contribution in [2.75, 3.05) is 23.4 Å². The first-order chi connectivity index (χ1) is 17.5. The number of benzene rings is 2. The number of aryl methyl sites for hydroxylation is 1. The minimum atomic E-state index is -2.61. The average molecular weight is 505 g/mol. The maximum Gasteiger partial charge on any atom is 0.274 e. The molecule has 13 heteroatoms. The highest BCUT2D eigenvalue weighted by Crippen LogP contribution is 2.35. The summed E-state index contributed by atoms with van der Waals surface area (Å²) < 4.78 is 34.2. The zero-order valence-corrected chi connectivity index (χ0v) is 19.9. The molecule has 2 unspecified atom stereocenters. The van der Waals surface area contributed by atoms with Gasteiger partial charge < -0.3 is 30.9 Å². The molecule has 2 heterocycles. The van der Waals surface area contributed by atoms with Crippen LogP contribution in [0.15, 0.2) is 42.6 Å². The van der Waals surface area contributed by atoms with Gasteiger partial charge in [-0.1, -0.05) is 6.07 Å². The predicted molar refractivity (Wildman–Crippen MR) is 134 cm³/mol. The van der Waals surface area contributed by atoms with Crippen molar-refractivity contribution in [3.63, 3.8) is 0 Å². The minimum absolute atomic E-state index is 0.139. The molecule has 2 aromatic carbocycles. The second kappa shape index (κ2) is 10.4. The zero-order chi connectivity index (χ0) is 26.9. The average Bonchev–Trinajstić information content (AvgIpc) is 3.21. The third-order valence-corrected chi connectivity index (χ3v) is 5.86. The number of hydrogen-bond acceptors (Lipinski definition) is 8. The molecule has 9 nitrogen and oxygen atoms in total. The number of carbonyl (C=O) groups excluding carboxylic acids is 1. The van der Waals surface area contributed by atoms with Crippen LogP contribution in [-0.4, -0.2) is 72.6 Å². The van der Waals surface area contributed by atoms with Crippen LogP contribution in [-0.2, 0) is 0 Å². The van der Waals surface area contributed by atoms with Crippen LogP contribution in [0.25, 0.3) is 11.4 Å². The Labute approximate surface area is 214 Å². The molecule has 1 saturated heterocycles. The lowest BCUT2D eigenvalue weighted by Gasteiger charge is -2.27. The number of hydrogen-bond donors (Lipinski definition) is 4. The van der Waals surface area contributed by atoms with E-state index in [1.807, 2.05) is 0 Å². The number of amides is 1. The van der Waals surface area contributed by atoms with Gasteiger partial charge in [0.2, 0.25) is 0 Å². The van der Waals surface area contributed by atoms with Gasteiger partial charge in [0.15, 0.2) is 21.5 Å². The van der Waals surface area contributed by atoms with E-state index >= 15 is 4.39 Å². The predicted octanol–water partition coefficient (Wildman–Crippen LogP) is 1.20. The van der Waals surface area contributed by atoms with Gasteiger partial charge >= 0.3 is 0 Å². The van der Waals surface area contributed by atoms with Crippen LogP contribution in [0.3, 0.4) is 0 Å². The van der Waals surface area contributed by atoms with Crippen molar-refractivity contribution in [2.24, 2.45) is 5.73 Å². The van der Waals surface area contributed by atoms with E-state index < -0.39 is 23.1 Å². The number of aromatic nitrogens is 2. The van der Waals surface area contributed by atoms with E-state index in [1.54, 1.807) is 4.90 Å². The first-order valence-corrected chi connectivity index (χ1v) is 11.3. The number of aliphatic hydroxyl groups is 2. The highest BCUT2D eigenvalue weighted by Gasteiger charge is 2.31. The van der Waals surface area contributed by atoms with Crippen LogP contribution in [0, 0.1) is 18.6 Å². The lowest BCUT2D eigenvalue weighted by Crippen LogP contribution is -2.36. The van der Waals surface area contributed by atoms with Gasteiger partial charge in [0, 0.05) is 18.8 Å². The molecule has 1 fully saturated rings. The fourth-order valence-corrected chi connectivity index (χ4v) is 4.20. The van der Waals surface area contributed by atoms with E-state index in [-0.39, 0.29) is 52.8 Å². The first kappa shape index (κ1) is 26.5. The van der Waals surface area contributed by atoms with Crippen LogP contribution < -0.4 is 20.7 Å². The van der Waals surface area contributed by atoms with Gasteiger partial charge in [0.1, 0.15) is 28.7 Å². The van der Waals surface area contributed by atoms with Crippen LogP contribution >= 0.6 is 0 Å². The normalized spacial score (nSPS) is 17.6. The van der Waals surface area contributed by atoms with Crippen LogP contribution in [0.5, 0.6) is 5.75 Å². The molecular weight excluding hydrogens is 482 g/mol. The zero-order valence-electron chi connectivity index (χ0n) is 19.9. The largest absolute Gasteiger partial charge is 0.481 e. The number of nitrogens with zero attached hydrogens (tertiary/aromatic N) is 3. The summed E-state index contributed by atoms with van der Waals surface area (Å²) in [5.41, 5.74) is 3.82. The first-order valence-electron chi connectivity index (χ1n) is 11.3. The maximum atomic E-state index is 15.1. The van der Waals surface area contributed by atoms with Crippen molar-refractivity contribution in [1.29, 1.82) is 0 Å². The van der Waals surface area contributed by atoms with Crippen LogP contribution in [0.2, 0.25) is 0 Å². The molecule has 37 heavy (non-hydrogen) atoms. The van der Waals surface area contributed by atoms with Gasteiger partial charge in [0.05, 0.1) is 29.6 Å². The van der Waals surface area contributed by atoms with E-state index in [0.717, 1.165) is 6.07 Å². The van der Waals surface area contributed by atoms with Gasteiger partial charge in [0.25, 0.3) is 5.91 Å². The Morgan fingerprint density at radius 2 is 2.05 bits per heavy atom. The summed E-state index contributed by atoms with van der Waals surface area (Å²) >= 11 is 0. The molecule has 1 aromatic heterocycles. The summed E-state index contributed by atoms with van der Waals surface area (Å²) in [7, 11) is 10.6.